The van der Waals surface area contributed by atoms with Gasteiger partial charge < -0.3 is 4.74 Å². The number of hydrogen-bond donors (Lipinski definition) is 0. The van der Waals surface area contributed by atoms with Crippen molar-refractivity contribution in [1.29, 1.82) is 0 Å². The number of fused-ring (bicyclic) bond motifs is 1. The molecule has 0 saturated heterocycles. The first kappa shape index (κ1) is 20.2. The maximum atomic E-state index is 12.9. The molecular formula is C21H30BrNO2S. The molecule has 1 aromatic rings. The lowest BCUT2D eigenvalue weighted by Gasteiger charge is -2.45. The van der Waals surface area contributed by atoms with Crippen LogP contribution in [-0.4, -0.2) is 27.9 Å². The zero-order valence-corrected chi connectivity index (χ0v) is 19.0. The number of nitrogens with zero attached hydrogens (tertiary/aromatic N) is 1. The third kappa shape index (κ3) is 3.59. The minimum absolute atomic E-state index is 0.0299. The van der Waals surface area contributed by atoms with Gasteiger partial charge in [0, 0.05) is 22.6 Å². The largest absolute Gasteiger partial charge is 0.381 e. The summed E-state index contributed by atoms with van der Waals surface area (Å²) in [7, 11) is 0.559. The SMILES string of the molecule is COC1[C@H](C)CC2(Cc3ccc(Br)cc3/C2=N\[S@@](=O)C(C)(C)C)C[C@@H]1C. The van der Waals surface area contributed by atoms with Gasteiger partial charge in [0.25, 0.3) is 0 Å². The number of halogens is 1. The van der Waals surface area contributed by atoms with E-state index in [1.54, 1.807) is 0 Å². The zero-order valence-electron chi connectivity index (χ0n) is 16.6. The summed E-state index contributed by atoms with van der Waals surface area (Å²) in [5.74, 6) is 0.907. The fourth-order valence-corrected chi connectivity index (χ4v) is 6.03. The van der Waals surface area contributed by atoms with Crippen molar-refractivity contribution in [2.75, 3.05) is 7.11 Å². The minimum Gasteiger partial charge on any atom is -0.381 e. The fourth-order valence-electron chi connectivity index (χ4n) is 4.93. The molecule has 2 unspecified atom stereocenters. The molecule has 2 aliphatic rings. The van der Waals surface area contributed by atoms with Crippen molar-refractivity contribution in [2.45, 2.75) is 64.7 Å². The molecule has 0 bridgehead atoms. The van der Waals surface area contributed by atoms with Crippen LogP contribution < -0.4 is 0 Å². The molecule has 144 valence electrons. The van der Waals surface area contributed by atoms with Crippen molar-refractivity contribution in [3.63, 3.8) is 0 Å². The Kier molecular flexibility index (Phi) is 5.55. The van der Waals surface area contributed by atoms with Gasteiger partial charge in [0.05, 0.1) is 16.6 Å². The van der Waals surface area contributed by atoms with E-state index in [1.807, 2.05) is 27.9 Å². The van der Waals surface area contributed by atoms with E-state index in [9.17, 15) is 4.21 Å². The van der Waals surface area contributed by atoms with E-state index < -0.39 is 11.0 Å². The lowest BCUT2D eigenvalue weighted by molar-refractivity contribution is -0.0342. The highest BCUT2D eigenvalue weighted by atomic mass is 79.9. The summed E-state index contributed by atoms with van der Waals surface area (Å²) in [6.45, 7) is 10.5. The van der Waals surface area contributed by atoms with Crippen molar-refractivity contribution in [1.82, 2.24) is 0 Å². The van der Waals surface area contributed by atoms with Crippen LogP contribution in [0.15, 0.2) is 27.1 Å². The van der Waals surface area contributed by atoms with Crippen molar-refractivity contribution < 1.29 is 8.95 Å². The van der Waals surface area contributed by atoms with Crippen LogP contribution in [0.25, 0.3) is 0 Å². The molecule has 1 spiro atoms. The van der Waals surface area contributed by atoms with Gasteiger partial charge in [0.2, 0.25) is 0 Å². The first-order valence-corrected chi connectivity index (χ1v) is 11.3. The predicted molar refractivity (Wildman–Crippen MR) is 113 cm³/mol. The van der Waals surface area contributed by atoms with Crippen LogP contribution in [0, 0.1) is 17.3 Å². The van der Waals surface area contributed by atoms with Crippen LogP contribution in [0.1, 0.15) is 58.6 Å². The van der Waals surface area contributed by atoms with Crippen LogP contribution in [-0.2, 0) is 22.1 Å². The maximum Gasteiger partial charge on any atom is 0.145 e. The van der Waals surface area contributed by atoms with Gasteiger partial charge in [-0.25, -0.2) is 4.21 Å². The lowest BCUT2D eigenvalue weighted by atomic mass is 9.63. The first-order valence-electron chi connectivity index (χ1n) is 9.40. The highest BCUT2D eigenvalue weighted by Crippen LogP contribution is 2.52. The molecule has 3 rings (SSSR count). The topological polar surface area (TPSA) is 38.7 Å². The summed E-state index contributed by atoms with van der Waals surface area (Å²) in [5.41, 5.74) is 3.52. The number of rotatable bonds is 2. The van der Waals surface area contributed by atoms with Gasteiger partial charge in [-0.15, -0.1) is 0 Å². The monoisotopic (exact) mass is 439 g/mol. The average Bonchev–Trinajstić information content (AvgIpc) is 2.79. The Balaban J connectivity index is 2.10. The second kappa shape index (κ2) is 7.14. The number of ether oxygens (including phenoxy) is 1. The molecule has 1 aromatic carbocycles. The Hall–Kier alpha value is -0.520. The van der Waals surface area contributed by atoms with Gasteiger partial charge in [-0.3, -0.25) is 0 Å². The number of methoxy groups -OCH3 is 1. The highest BCUT2D eigenvalue weighted by Gasteiger charge is 2.50. The molecule has 0 N–H and O–H groups in total. The second-order valence-corrected chi connectivity index (χ2v) is 11.9. The Bertz CT molecular complexity index is 741. The van der Waals surface area contributed by atoms with Gasteiger partial charge in [0.15, 0.2) is 0 Å². The minimum atomic E-state index is -1.26. The third-order valence-electron chi connectivity index (χ3n) is 5.88. The Morgan fingerprint density at radius 3 is 2.38 bits per heavy atom. The Labute approximate surface area is 168 Å². The molecule has 0 heterocycles. The van der Waals surface area contributed by atoms with E-state index in [2.05, 4.69) is 48.0 Å². The van der Waals surface area contributed by atoms with Crippen LogP contribution in [0.2, 0.25) is 0 Å². The Morgan fingerprint density at radius 1 is 1.23 bits per heavy atom. The zero-order chi connectivity index (χ0) is 19.3. The summed E-state index contributed by atoms with van der Waals surface area (Å²) in [6.07, 6.45) is 3.33. The summed E-state index contributed by atoms with van der Waals surface area (Å²) in [5, 5.41) is 0. The first-order chi connectivity index (χ1) is 12.1. The van der Waals surface area contributed by atoms with Crippen LogP contribution in [0.3, 0.4) is 0 Å². The fraction of sp³-hybridized carbons (Fsp3) is 0.667. The van der Waals surface area contributed by atoms with Gasteiger partial charge >= 0.3 is 0 Å². The van der Waals surface area contributed by atoms with Crippen molar-refractivity contribution >= 4 is 32.6 Å². The normalized spacial score (nSPS) is 34.3. The second-order valence-electron chi connectivity index (χ2n) is 9.12. The Morgan fingerprint density at radius 2 is 1.85 bits per heavy atom. The van der Waals surface area contributed by atoms with Crippen molar-refractivity contribution in [2.24, 2.45) is 21.6 Å². The van der Waals surface area contributed by atoms with Crippen molar-refractivity contribution in [3.05, 3.63) is 33.8 Å². The third-order valence-corrected chi connectivity index (χ3v) is 7.76. The number of benzene rings is 1. The smallest absolute Gasteiger partial charge is 0.145 e. The lowest BCUT2D eigenvalue weighted by Crippen LogP contribution is -2.45. The van der Waals surface area contributed by atoms with E-state index >= 15 is 0 Å². The van der Waals surface area contributed by atoms with E-state index in [-0.39, 0.29) is 16.3 Å². The van der Waals surface area contributed by atoms with Gasteiger partial charge in [-0.05, 0) is 69.6 Å². The molecule has 0 aromatic heterocycles. The molecule has 0 amide bonds. The van der Waals surface area contributed by atoms with E-state index in [0.29, 0.717) is 11.8 Å². The molecule has 0 aliphatic heterocycles. The quantitative estimate of drug-likeness (QED) is 0.624. The maximum absolute atomic E-state index is 12.9. The van der Waals surface area contributed by atoms with Crippen molar-refractivity contribution in [3.8, 4) is 0 Å². The highest BCUT2D eigenvalue weighted by molar-refractivity contribution is 9.10. The van der Waals surface area contributed by atoms with Crippen LogP contribution in [0.4, 0.5) is 0 Å². The molecule has 5 atom stereocenters. The van der Waals surface area contributed by atoms with Gasteiger partial charge in [-0.1, -0.05) is 35.8 Å². The molecule has 2 aliphatic carbocycles. The van der Waals surface area contributed by atoms with E-state index in [1.165, 1.54) is 11.1 Å². The predicted octanol–water partition coefficient (Wildman–Crippen LogP) is 5.32. The summed E-state index contributed by atoms with van der Waals surface area (Å²) in [4.78, 5) is 0. The number of hydrogen-bond acceptors (Lipinski definition) is 2. The summed E-state index contributed by atoms with van der Waals surface area (Å²) >= 11 is 3.60. The standard InChI is InChI=1S/C21H30BrNO2S/c1-13-10-21(11-14(2)18(13)25-6)12-15-7-8-16(22)9-17(15)19(21)23-26(24)20(3,4)5/h7-9,13-14,18H,10-12H2,1-6H3/b23-19+/t13-,14+,18?,21?,26-/m0/s1. The summed E-state index contributed by atoms with van der Waals surface area (Å²) in [6, 6.07) is 6.45. The molecule has 26 heavy (non-hydrogen) atoms. The molecule has 1 saturated carbocycles. The average molecular weight is 440 g/mol. The van der Waals surface area contributed by atoms with E-state index in [0.717, 1.165) is 29.4 Å². The van der Waals surface area contributed by atoms with Crippen LogP contribution in [0.5, 0.6) is 0 Å². The van der Waals surface area contributed by atoms with Gasteiger partial charge in [0.1, 0.15) is 11.0 Å². The molecule has 1 fully saturated rings. The molecule has 0 radical (unpaired) electrons. The summed E-state index contributed by atoms with van der Waals surface area (Å²) < 4.78 is 24.2. The molecule has 5 heteroatoms. The van der Waals surface area contributed by atoms with Crippen LogP contribution >= 0.6 is 15.9 Å². The molecule has 3 nitrogen and oxygen atoms in total. The molecular weight excluding hydrogens is 410 g/mol. The van der Waals surface area contributed by atoms with E-state index in [4.69, 9.17) is 9.13 Å². The van der Waals surface area contributed by atoms with Gasteiger partial charge in [-0.2, -0.15) is 4.40 Å².